The van der Waals surface area contributed by atoms with Crippen molar-refractivity contribution < 1.29 is 4.74 Å². The van der Waals surface area contributed by atoms with Crippen molar-refractivity contribution in [3.05, 3.63) is 47.6 Å². The van der Waals surface area contributed by atoms with Crippen LogP contribution in [0.25, 0.3) is 10.2 Å². The van der Waals surface area contributed by atoms with Crippen LogP contribution in [0.4, 0.5) is 5.82 Å². The molecule has 3 heterocycles. The van der Waals surface area contributed by atoms with Crippen molar-refractivity contribution in [2.45, 2.75) is 19.3 Å². The summed E-state index contributed by atoms with van der Waals surface area (Å²) in [7, 11) is 1.71. The summed E-state index contributed by atoms with van der Waals surface area (Å²) in [6.07, 6.45) is 5.26. The number of fused-ring (bicyclic) bond motifs is 1. The van der Waals surface area contributed by atoms with Crippen molar-refractivity contribution in [3.8, 4) is 5.75 Å². The first-order valence-electron chi connectivity index (χ1n) is 8.39. The molecular weight excluding hydrogens is 318 g/mol. The number of anilines is 1. The molecule has 1 aliphatic rings. The molecule has 24 heavy (non-hydrogen) atoms. The van der Waals surface area contributed by atoms with E-state index in [9.17, 15) is 0 Å². The molecule has 1 fully saturated rings. The molecule has 0 unspecified atom stereocenters. The molecule has 0 saturated carbocycles. The number of methoxy groups -OCH3 is 1. The van der Waals surface area contributed by atoms with Crippen LogP contribution >= 0.6 is 11.3 Å². The summed E-state index contributed by atoms with van der Waals surface area (Å²) >= 11 is 1.68. The second kappa shape index (κ2) is 6.77. The molecule has 1 aromatic carbocycles. The van der Waals surface area contributed by atoms with Gasteiger partial charge in [-0.1, -0.05) is 12.1 Å². The van der Waals surface area contributed by atoms with E-state index < -0.39 is 0 Å². The van der Waals surface area contributed by atoms with Gasteiger partial charge in [-0.2, -0.15) is 0 Å². The number of aromatic nitrogens is 2. The Morgan fingerprint density at radius 3 is 2.67 bits per heavy atom. The van der Waals surface area contributed by atoms with Gasteiger partial charge in [0.05, 0.1) is 12.5 Å². The first-order chi connectivity index (χ1) is 11.8. The van der Waals surface area contributed by atoms with E-state index in [1.807, 2.05) is 0 Å². The van der Waals surface area contributed by atoms with Crippen molar-refractivity contribution in [2.24, 2.45) is 5.92 Å². The zero-order valence-corrected chi connectivity index (χ0v) is 14.6. The van der Waals surface area contributed by atoms with Gasteiger partial charge < -0.3 is 9.64 Å². The van der Waals surface area contributed by atoms with E-state index in [1.54, 1.807) is 24.8 Å². The number of hydrogen-bond donors (Lipinski definition) is 0. The normalized spacial score (nSPS) is 15.8. The highest BCUT2D eigenvalue weighted by Gasteiger charge is 2.22. The number of thiophene rings is 1. The highest BCUT2D eigenvalue weighted by Crippen LogP contribution is 2.30. The maximum absolute atomic E-state index is 5.23. The van der Waals surface area contributed by atoms with Crippen molar-refractivity contribution >= 4 is 27.4 Å². The Hall–Kier alpha value is -2.14. The van der Waals surface area contributed by atoms with Gasteiger partial charge in [-0.3, -0.25) is 0 Å². The topological polar surface area (TPSA) is 38.2 Å². The molecule has 3 aromatic rings. The summed E-state index contributed by atoms with van der Waals surface area (Å²) in [6.45, 7) is 2.14. The average molecular weight is 339 g/mol. The van der Waals surface area contributed by atoms with E-state index in [0.717, 1.165) is 41.8 Å². The summed E-state index contributed by atoms with van der Waals surface area (Å²) in [6, 6.07) is 10.6. The molecule has 0 amide bonds. The minimum atomic E-state index is 0.745. The molecule has 0 N–H and O–H groups in total. The molecule has 0 aliphatic carbocycles. The maximum Gasteiger partial charge on any atom is 0.140 e. The highest BCUT2D eigenvalue weighted by atomic mass is 32.1. The predicted octanol–water partition coefficient (Wildman–Crippen LogP) is 4.16. The Kier molecular flexibility index (Phi) is 4.34. The van der Waals surface area contributed by atoms with Crippen LogP contribution in [-0.2, 0) is 6.42 Å². The van der Waals surface area contributed by atoms with Crippen molar-refractivity contribution in [1.82, 2.24) is 9.97 Å². The van der Waals surface area contributed by atoms with Gasteiger partial charge in [0.2, 0.25) is 0 Å². The Morgan fingerprint density at radius 2 is 1.92 bits per heavy atom. The maximum atomic E-state index is 5.23. The largest absolute Gasteiger partial charge is 0.497 e. The molecule has 1 saturated heterocycles. The van der Waals surface area contributed by atoms with E-state index in [2.05, 4.69) is 50.6 Å². The Bertz CT molecular complexity index is 807. The van der Waals surface area contributed by atoms with Gasteiger partial charge in [0.1, 0.15) is 22.7 Å². The summed E-state index contributed by atoms with van der Waals surface area (Å²) in [5.74, 6) is 2.77. The lowest BCUT2D eigenvalue weighted by molar-refractivity contribution is 0.401. The van der Waals surface area contributed by atoms with Crippen molar-refractivity contribution in [1.29, 1.82) is 0 Å². The van der Waals surface area contributed by atoms with Gasteiger partial charge in [-0.05, 0) is 54.3 Å². The van der Waals surface area contributed by atoms with Crippen LogP contribution < -0.4 is 9.64 Å². The molecule has 0 atom stereocenters. The molecule has 0 spiro atoms. The molecule has 124 valence electrons. The smallest absolute Gasteiger partial charge is 0.140 e. The standard InChI is InChI=1S/C19H21N3OS/c1-23-16-4-2-14(3-5-16)12-15-6-9-22(10-7-15)18-17-8-11-24-19(17)21-13-20-18/h2-5,8,11,13,15H,6-7,9-10,12H2,1H3. The van der Waals surface area contributed by atoms with Crippen LogP contribution in [0.5, 0.6) is 5.75 Å². The van der Waals surface area contributed by atoms with Gasteiger partial charge in [0.25, 0.3) is 0 Å². The van der Waals surface area contributed by atoms with Crippen LogP contribution in [-0.4, -0.2) is 30.2 Å². The highest BCUT2D eigenvalue weighted by molar-refractivity contribution is 7.16. The third kappa shape index (κ3) is 3.08. The second-order valence-electron chi connectivity index (χ2n) is 6.32. The van der Waals surface area contributed by atoms with E-state index in [0.29, 0.717) is 0 Å². The SMILES string of the molecule is COc1ccc(CC2CCN(c3ncnc4sccc34)CC2)cc1. The van der Waals surface area contributed by atoms with E-state index in [-0.39, 0.29) is 0 Å². The second-order valence-corrected chi connectivity index (χ2v) is 7.21. The lowest BCUT2D eigenvalue weighted by atomic mass is 9.90. The fraction of sp³-hybridized carbons (Fsp3) is 0.368. The number of piperidine rings is 1. The summed E-state index contributed by atoms with van der Waals surface area (Å²) in [4.78, 5) is 12.4. The predicted molar refractivity (Wildman–Crippen MR) is 99.1 cm³/mol. The Labute approximate surface area is 146 Å². The fourth-order valence-electron chi connectivity index (χ4n) is 3.47. The third-order valence-corrected chi connectivity index (χ3v) is 5.66. The minimum absolute atomic E-state index is 0.745. The quantitative estimate of drug-likeness (QED) is 0.715. The lowest BCUT2D eigenvalue weighted by Gasteiger charge is -2.33. The number of hydrogen-bond acceptors (Lipinski definition) is 5. The van der Waals surface area contributed by atoms with Crippen LogP contribution in [0.2, 0.25) is 0 Å². The molecule has 5 heteroatoms. The zero-order valence-electron chi connectivity index (χ0n) is 13.8. The average Bonchev–Trinajstić information content (AvgIpc) is 3.12. The molecule has 0 bridgehead atoms. The summed E-state index contributed by atoms with van der Waals surface area (Å²) < 4.78 is 5.23. The number of benzene rings is 1. The number of nitrogens with zero attached hydrogens (tertiary/aromatic N) is 3. The third-order valence-electron chi connectivity index (χ3n) is 4.84. The van der Waals surface area contributed by atoms with Crippen LogP contribution in [0, 0.1) is 5.92 Å². The molecule has 0 radical (unpaired) electrons. The summed E-state index contributed by atoms with van der Waals surface area (Å²) in [5.41, 5.74) is 1.40. The van der Waals surface area contributed by atoms with Crippen molar-refractivity contribution in [2.75, 3.05) is 25.1 Å². The number of rotatable bonds is 4. The zero-order chi connectivity index (χ0) is 16.4. The molecule has 1 aliphatic heterocycles. The van der Waals surface area contributed by atoms with E-state index in [1.165, 1.54) is 23.8 Å². The van der Waals surface area contributed by atoms with E-state index >= 15 is 0 Å². The summed E-state index contributed by atoms with van der Waals surface area (Å²) in [5, 5.41) is 3.29. The molecule has 2 aromatic heterocycles. The van der Waals surface area contributed by atoms with Gasteiger partial charge in [0.15, 0.2) is 0 Å². The van der Waals surface area contributed by atoms with Crippen LogP contribution in [0.15, 0.2) is 42.0 Å². The Balaban J connectivity index is 1.40. The lowest BCUT2D eigenvalue weighted by Crippen LogP contribution is -2.35. The first-order valence-corrected chi connectivity index (χ1v) is 9.27. The monoisotopic (exact) mass is 339 g/mol. The van der Waals surface area contributed by atoms with Crippen LogP contribution in [0.3, 0.4) is 0 Å². The van der Waals surface area contributed by atoms with Gasteiger partial charge in [-0.15, -0.1) is 11.3 Å². The van der Waals surface area contributed by atoms with Gasteiger partial charge >= 0.3 is 0 Å². The Morgan fingerprint density at radius 1 is 1.12 bits per heavy atom. The molecule has 4 rings (SSSR count). The van der Waals surface area contributed by atoms with Gasteiger partial charge in [0, 0.05) is 13.1 Å². The van der Waals surface area contributed by atoms with Gasteiger partial charge in [-0.25, -0.2) is 9.97 Å². The number of ether oxygens (including phenoxy) is 1. The fourth-order valence-corrected chi connectivity index (χ4v) is 4.20. The van der Waals surface area contributed by atoms with Crippen molar-refractivity contribution in [3.63, 3.8) is 0 Å². The van der Waals surface area contributed by atoms with Crippen LogP contribution in [0.1, 0.15) is 18.4 Å². The minimum Gasteiger partial charge on any atom is -0.497 e. The first kappa shape index (κ1) is 15.4. The van der Waals surface area contributed by atoms with E-state index in [4.69, 9.17) is 4.74 Å². The molecular formula is C19H21N3OS. The molecule has 4 nitrogen and oxygen atoms in total.